The number of piperidine rings is 1. The molecule has 19 heavy (non-hydrogen) atoms. The van der Waals surface area contributed by atoms with E-state index < -0.39 is 0 Å². The molecule has 0 bridgehead atoms. The van der Waals surface area contributed by atoms with Gasteiger partial charge in [-0.1, -0.05) is 6.42 Å². The van der Waals surface area contributed by atoms with Crippen LogP contribution in [0.25, 0.3) is 11.1 Å². The lowest BCUT2D eigenvalue weighted by Gasteiger charge is -2.23. The summed E-state index contributed by atoms with van der Waals surface area (Å²) in [5, 5.41) is 6.80. The van der Waals surface area contributed by atoms with Crippen molar-refractivity contribution in [3.05, 3.63) is 30.9 Å². The minimum absolute atomic E-state index is 0.543. The monoisotopic (exact) mass is 257 g/mol. The summed E-state index contributed by atoms with van der Waals surface area (Å²) in [4.78, 5) is 11.7. The topological polar surface area (TPSA) is 65.6 Å². The molecule has 100 valence electrons. The molecule has 1 fully saturated rings. The summed E-state index contributed by atoms with van der Waals surface area (Å²) in [6.45, 7) is 2.02. The third-order valence-electron chi connectivity index (χ3n) is 3.50. The third kappa shape index (κ3) is 3.12. The van der Waals surface area contributed by atoms with Crippen molar-refractivity contribution in [1.82, 2.24) is 20.3 Å². The number of rotatable bonds is 4. The molecule has 0 amide bonds. The molecule has 0 radical (unpaired) electrons. The molecule has 0 aromatic carbocycles. The van der Waals surface area contributed by atoms with E-state index in [0.29, 0.717) is 12.0 Å². The smallest absolute Gasteiger partial charge is 0.222 e. The molecule has 3 rings (SSSR count). The SMILES string of the molecule is c1cc(-c2cnc(NCC3CCCCN3)nc2)c[nH]1. The Morgan fingerprint density at radius 2 is 2.11 bits per heavy atom. The van der Waals surface area contributed by atoms with Crippen LogP contribution in [-0.2, 0) is 0 Å². The number of anilines is 1. The number of H-pyrrole nitrogens is 1. The molecule has 3 N–H and O–H groups in total. The van der Waals surface area contributed by atoms with Crippen LogP contribution in [-0.4, -0.2) is 34.1 Å². The molecule has 1 unspecified atom stereocenters. The van der Waals surface area contributed by atoms with Crippen LogP contribution in [0.15, 0.2) is 30.9 Å². The lowest BCUT2D eigenvalue weighted by Crippen LogP contribution is -2.39. The van der Waals surface area contributed by atoms with Gasteiger partial charge in [0.05, 0.1) is 0 Å². The van der Waals surface area contributed by atoms with Gasteiger partial charge >= 0.3 is 0 Å². The second kappa shape index (κ2) is 5.84. The maximum absolute atomic E-state index is 4.36. The Morgan fingerprint density at radius 1 is 1.21 bits per heavy atom. The van der Waals surface area contributed by atoms with E-state index in [1.54, 1.807) is 0 Å². The Bertz CT molecular complexity index is 485. The standard InChI is InChI=1S/C14H19N5/c1-2-5-16-13(3-1)10-19-14-17-8-12(9-18-14)11-4-6-15-7-11/h4,6-9,13,15-16H,1-3,5,10H2,(H,17,18,19). The fourth-order valence-corrected chi connectivity index (χ4v) is 2.38. The molecular formula is C14H19N5. The van der Waals surface area contributed by atoms with E-state index in [4.69, 9.17) is 0 Å². The molecule has 2 aromatic heterocycles. The van der Waals surface area contributed by atoms with Crippen molar-refractivity contribution in [3.8, 4) is 11.1 Å². The van der Waals surface area contributed by atoms with Crippen molar-refractivity contribution in [2.75, 3.05) is 18.4 Å². The van der Waals surface area contributed by atoms with Gasteiger partial charge in [0.25, 0.3) is 0 Å². The highest BCUT2D eigenvalue weighted by Gasteiger charge is 2.12. The van der Waals surface area contributed by atoms with Crippen molar-refractivity contribution in [2.24, 2.45) is 0 Å². The zero-order valence-electron chi connectivity index (χ0n) is 10.9. The molecule has 5 heteroatoms. The molecule has 5 nitrogen and oxygen atoms in total. The van der Waals surface area contributed by atoms with Gasteiger partial charge in [0.1, 0.15) is 0 Å². The maximum atomic E-state index is 4.36. The Hall–Kier alpha value is -1.88. The van der Waals surface area contributed by atoms with Crippen molar-refractivity contribution in [1.29, 1.82) is 0 Å². The zero-order chi connectivity index (χ0) is 12.9. The summed E-state index contributed by atoms with van der Waals surface area (Å²) in [5.74, 6) is 0.701. The Morgan fingerprint density at radius 3 is 2.79 bits per heavy atom. The number of aromatic amines is 1. The van der Waals surface area contributed by atoms with Gasteiger partial charge in [-0.25, -0.2) is 9.97 Å². The van der Waals surface area contributed by atoms with Crippen LogP contribution in [0.5, 0.6) is 0 Å². The van der Waals surface area contributed by atoms with E-state index in [0.717, 1.165) is 24.2 Å². The normalized spacial score (nSPS) is 19.3. The fraction of sp³-hybridized carbons (Fsp3) is 0.429. The van der Waals surface area contributed by atoms with Gasteiger partial charge in [-0.05, 0) is 25.5 Å². The Balaban J connectivity index is 1.57. The Labute approximate surface area is 112 Å². The minimum atomic E-state index is 0.543. The molecule has 1 saturated heterocycles. The van der Waals surface area contributed by atoms with Crippen LogP contribution in [0.3, 0.4) is 0 Å². The quantitative estimate of drug-likeness (QED) is 0.784. The summed E-state index contributed by atoms with van der Waals surface area (Å²) in [6.07, 6.45) is 11.4. The van der Waals surface area contributed by atoms with Crippen LogP contribution in [0.1, 0.15) is 19.3 Å². The minimum Gasteiger partial charge on any atom is -0.367 e. The number of aromatic nitrogens is 3. The van der Waals surface area contributed by atoms with E-state index in [2.05, 4.69) is 25.6 Å². The fourth-order valence-electron chi connectivity index (χ4n) is 2.38. The lowest BCUT2D eigenvalue weighted by molar-refractivity contribution is 0.413. The van der Waals surface area contributed by atoms with E-state index in [9.17, 15) is 0 Å². The number of nitrogens with one attached hydrogen (secondary N) is 3. The van der Waals surface area contributed by atoms with Crippen molar-refractivity contribution >= 4 is 5.95 Å². The molecule has 2 aromatic rings. The lowest BCUT2D eigenvalue weighted by atomic mass is 10.1. The number of hydrogen-bond donors (Lipinski definition) is 3. The van der Waals surface area contributed by atoms with Gasteiger partial charge in [0.15, 0.2) is 0 Å². The molecule has 0 spiro atoms. The molecule has 1 aliphatic rings. The first kappa shape index (κ1) is 12.2. The highest BCUT2D eigenvalue weighted by atomic mass is 15.1. The highest BCUT2D eigenvalue weighted by molar-refractivity contribution is 5.60. The first-order valence-electron chi connectivity index (χ1n) is 6.84. The van der Waals surface area contributed by atoms with Crippen LogP contribution in [0.4, 0.5) is 5.95 Å². The summed E-state index contributed by atoms with van der Waals surface area (Å²) in [5.41, 5.74) is 2.14. The zero-order valence-corrected chi connectivity index (χ0v) is 10.9. The van der Waals surface area contributed by atoms with Crippen LogP contribution in [0, 0.1) is 0 Å². The van der Waals surface area contributed by atoms with Crippen molar-refractivity contribution < 1.29 is 0 Å². The van der Waals surface area contributed by atoms with E-state index in [1.807, 2.05) is 30.9 Å². The average molecular weight is 257 g/mol. The number of nitrogens with zero attached hydrogens (tertiary/aromatic N) is 2. The molecule has 1 aliphatic heterocycles. The number of hydrogen-bond acceptors (Lipinski definition) is 4. The molecule has 1 atom stereocenters. The molecule has 0 saturated carbocycles. The predicted octanol–water partition coefficient (Wildman–Crippen LogP) is 2.03. The second-order valence-electron chi connectivity index (χ2n) is 4.92. The third-order valence-corrected chi connectivity index (χ3v) is 3.50. The predicted molar refractivity (Wildman–Crippen MR) is 76.0 cm³/mol. The first-order valence-corrected chi connectivity index (χ1v) is 6.84. The van der Waals surface area contributed by atoms with E-state index in [-0.39, 0.29) is 0 Å². The van der Waals surface area contributed by atoms with Crippen LogP contribution < -0.4 is 10.6 Å². The summed E-state index contributed by atoms with van der Waals surface area (Å²) in [7, 11) is 0. The molecule has 3 heterocycles. The van der Waals surface area contributed by atoms with Gasteiger partial charge in [0, 0.05) is 48.5 Å². The maximum Gasteiger partial charge on any atom is 0.222 e. The summed E-state index contributed by atoms with van der Waals surface area (Å²) >= 11 is 0. The summed E-state index contributed by atoms with van der Waals surface area (Å²) in [6, 6.07) is 2.55. The van der Waals surface area contributed by atoms with Gasteiger partial charge in [-0.3, -0.25) is 0 Å². The Kier molecular flexibility index (Phi) is 3.74. The average Bonchev–Trinajstić information content (AvgIpc) is 3.01. The van der Waals surface area contributed by atoms with Gasteiger partial charge in [0.2, 0.25) is 5.95 Å². The summed E-state index contributed by atoms with van der Waals surface area (Å²) < 4.78 is 0. The van der Waals surface area contributed by atoms with Crippen LogP contribution in [0.2, 0.25) is 0 Å². The van der Waals surface area contributed by atoms with Gasteiger partial charge in [-0.2, -0.15) is 0 Å². The molecule has 0 aliphatic carbocycles. The van der Waals surface area contributed by atoms with Crippen LogP contribution >= 0.6 is 0 Å². The molecular weight excluding hydrogens is 238 g/mol. The van der Waals surface area contributed by atoms with Crippen molar-refractivity contribution in [3.63, 3.8) is 0 Å². The second-order valence-corrected chi connectivity index (χ2v) is 4.92. The van der Waals surface area contributed by atoms with E-state index in [1.165, 1.54) is 19.3 Å². The van der Waals surface area contributed by atoms with Gasteiger partial charge < -0.3 is 15.6 Å². The van der Waals surface area contributed by atoms with E-state index >= 15 is 0 Å². The van der Waals surface area contributed by atoms with Crippen molar-refractivity contribution in [2.45, 2.75) is 25.3 Å². The first-order chi connectivity index (χ1) is 9.42. The largest absolute Gasteiger partial charge is 0.367 e. The van der Waals surface area contributed by atoms with Gasteiger partial charge in [-0.15, -0.1) is 0 Å². The highest BCUT2D eigenvalue weighted by Crippen LogP contribution is 2.16.